The van der Waals surface area contributed by atoms with Crippen molar-refractivity contribution in [1.82, 2.24) is 0 Å². The summed E-state index contributed by atoms with van der Waals surface area (Å²) in [6.07, 6.45) is 1.10. The molecule has 1 heterocycles. The van der Waals surface area contributed by atoms with Gasteiger partial charge in [-0.3, -0.25) is 0 Å². The van der Waals surface area contributed by atoms with Crippen molar-refractivity contribution in [1.29, 1.82) is 0 Å². The molecule has 0 aromatic heterocycles. The van der Waals surface area contributed by atoms with Crippen LogP contribution in [0.3, 0.4) is 0 Å². The Balaban J connectivity index is 1.50. The summed E-state index contributed by atoms with van der Waals surface area (Å²) in [6, 6.07) is 23.3. The maximum absolute atomic E-state index is 6.11. The molecule has 1 unspecified atom stereocenters. The minimum absolute atomic E-state index is 0.515. The molecule has 0 radical (unpaired) electrons. The van der Waals surface area contributed by atoms with Gasteiger partial charge >= 0.3 is 0 Å². The second kappa shape index (κ2) is 5.45. The van der Waals surface area contributed by atoms with Gasteiger partial charge in [-0.1, -0.05) is 54.6 Å². The van der Waals surface area contributed by atoms with E-state index in [4.69, 9.17) is 4.74 Å². The minimum Gasteiger partial charge on any atom is -0.492 e. The van der Waals surface area contributed by atoms with Gasteiger partial charge in [0.2, 0.25) is 0 Å². The molecule has 0 saturated heterocycles. The van der Waals surface area contributed by atoms with Crippen molar-refractivity contribution in [2.75, 3.05) is 6.61 Å². The van der Waals surface area contributed by atoms with E-state index in [2.05, 4.69) is 66.7 Å². The van der Waals surface area contributed by atoms with E-state index in [1.54, 1.807) is 0 Å². The monoisotopic (exact) mass is 292 g/mol. The number of hydrogen-bond acceptors (Lipinski definition) is 2. The summed E-state index contributed by atoms with van der Waals surface area (Å²) in [7, 11) is 0. The highest BCUT2D eigenvalue weighted by atomic mass is 32.2. The van der Waals surface area contributed by atoms with Gasteiger partial charge in [-0.2, -0.15) is 0 Å². The van der Waals surface area contributed by atoms with E-state index in [1.165, 1.54) is 21.2 Å². The van der Waals surface area contributed by atoms with Crippen LogP contribution in [-0.4, -0.2) is 11.9 Å². The molecule has 0 saturated carbocycles. The summed E-state index contributed by atoms with van der Waals surface area (Å²) in [6.45, 7) is 0.757. The molecule has 1 nitrogen and oxygen atoms in total. The fourth-order valence-electron chi connectivity index (χ4n) is 2.85. The van der Waals surface area contributed by atoms with Crippen LogP contribution in [0.1, 0.15) is 5.56 Å². The van der Waals surface area contributed by atoms with Crippen molar-refractivity contribution >= 4 is 22.5 Å². The molecule has 4 rings (SSSR count). The van der Waals surface area contributed by atoms with E-state index < -0.39 is 0 Å². The van der Waals surface area contributed by atoms with Gasteiger partial charge in [0.1, 0.15) is 12.4 Å². The first-order valence-electron chi connectivity index (χ1n) is 7.25. The van der Waals surface area contributed by atoms with Crippen LogP contribution in [0.25, 0.3) is 10.8 Å². The Morgan fingerprint density at radius 2 is 1.71 bits per heavy atom. The Morgan fingerprint density at radius 1 is 0.905 bits per heavy atom. The van der Waals surface area contributed by atoms with E-state index in [9.17, 15) is 0 Å². The second-order valence-corrected chi connectivity index (χ2v) is 6.68. The molecular formula is C19H16OS. The molecule has 0 spiro atoms. The molecule has 1 atom stereocenters. The lowest BCUT2D eigenvalue weighted by atomic mass is 10.1. The zero-order chi connectivity index (χ0) is 14.1. The SMILES string of the molecule is c1ccc2c(c1)CC(COc1cccc3ccccc13)S2. The summed E-state index contributed by atoms with van der Waals surface area (Å²) in [5.41, 5.74) is 1.45. The van der Waals surface area contributed by atoms with Crippen LogP contribution >= 0.6 is 11.8 Å². The van der Waals surface area contributed by atoms with Gasteiger partial charge in [0, 0.05) is 15.5 Å². The normalized spacial score (nSPS) is 16.9. The Bertz CT molecular complexity index is 751. The minimum atomic E-state index is 0.515. The molecule has 0 amide bonds. The van der Waals surface area contributed by atoms with Crippen LogP contribution in [0.15, 0.2) is 71.6 Å². The van der Waals surface area contributed by atoms with Crippen LogP contribution in [-0.2, 0) is 6.42 Å². The summed E-state index contributed by atoms with van der Waals surface area (Å²) in [4.78, 5) is 1.41. The summed E-state index contributed by atoms with van der Waals surface area (Å²) in [5.74, 6) is 0.990. The van der Waals surface area contributed by atoms with Gasteiger partial charge in [0.25, 0.3) is 0 Å². The van der Waals surface area contributed by atoms with Crippen LogP contribution in [0, 0.1) is 0 Å². The summed E-state index contributed by atoms with van der Waals surface area (Å²) < 4.78 is 6.11. The van der Waals surface area contributed by atoms with E-state index in [1.807, 2.05) is 11.8 Å². The van der Waals surface area contributed by atoms with Crippen molar-refractivity contribution in [3.8, 4) is 5.75 Å². The smallest absolute Gasteiger partial charge is 0.127 e. The lowest BCUT2D eigenvalue weighted by Gasteiger charge is -2.13. The molecule has 1 aliphatic rings. The van der Waals surface area contributed by atoms with E-state index in [0.717, 1.165) is 18.8 Å². The molecule has 104 valence electrons. The molecule has 1 aliphatic heterocycles. The molecule has 0 fully saturated rings. The van der Waals surface area contributed by atoms with Gasteiger partial charge in [0.05, 0.1) is 0 Å². The average Bonchev–Trinajstić information content (AvgIpc) is 2.96. The zero-order valence-corrected chi connectivity index (χ0v) is 12.5. The van der Waals surface area contributed by atoms with E-state index in [0.29, 0.717) is 5.25 Å². The number of hydrogen-bond donors (Lipinski definition) is 0. The van der Waals surface area contributed by atoms with Crippen LogP contribution in [0.4, 0.5) is 0 Å². The maximum Gasteiger partial charge on any atom is 0.127 e. The van der Waals surface area contributed by atoms with Crippen molar-refractivity contribution in [3.63, 3.8) is 0 Å². The second-order valence-electron chi connectivity index (χ2n) is 5.34. The number of thioether (sulfide) groups is 1. The largest absolute Gasteiger partial charge is 0.492 e. The highest BCUT2D eigenvalue weighted by molar-refractivity contribution is 8.00. The molecular weight excluding hydrogens is 276 g/mol. The topological polar surface area (TPSA) is 9.23 Å². The standard InChI is InChI=1S/C19H16OS/c1-3-9-17-14(6-1)8-5-10-18(17)20-13-16-12-15-7-2-4-11-19(15)21-16/h1-11,16H,12-13H2. The Hall–Kier alpha value is -1.93. The van der Waals surface area contributed by atoms with Crippen molar-refractivity contribution in [2.45, 2.75) is 16.6 Å². The van der Waals surface area contributed by atoms with Gasteiger partial charge in [-0.25, -0.2) is 0 Å². The Labute approximate surface area is 128 Å². The Kier molecular flexibility index (Phi) is 3.32. The van der Waals surface area contributed by atoms with Crippen LogP contribution < -0.4 is 4.74 Å². The number of ether oxygens (including phenoxy) is 1. The highest BCUT2D eigenvalue weighted by Crippen LogP contribution is 2.37. The van der Waals surface area contributed by atoms with Crippen molar-refractivity contribution in [3.05, 3.63) is 72.3 Å². The summed E-state index contributed by atoms with van der Waals surface area (Å²) >= 11 is 1.94. The van der Waals surface area contributed by atoms with Gasteiger partial charge < -0.3 is 4.74 Å². The lowest BCUT2D eigenvalue weighted by molar-refractivity contribution is 0.321. The first-order valence-corrected chi connectivity index (χ1v) is 8.13. The van der Waals surface area contributed by atoms with Crippen molar-refractivity contribution in [2.24, 2.45) is 0 Å². The van der Waals surface area contributed by atoms with Gasteiger partial charge in [0.15, 0.2) is 0 Å². The average molecular weight is 292 g/mol. The van der Waals surface area contributed by atoms with E-state index in [-0.39, 0.29) is 0 Å². The predicted octanol–water partition coefficient (Wildman–Crippen LogP) is 4.94. The molecule has 0 bridgehead atoms. The fourth-order valence-corrected chi connectivity index (χ4v) is 4.07. The molecule has 3 aromatic rings. The third-order valence-corrected chi connectivity index (χ3v) is 5.18. The third-order valence-electron chi connectivity index (χ3n) is 3.89. The van der Waals surface area contributed by atoms with Crippen molar-refractivity contribution < 1.29 is 4.74 Å². The fraction of sp³-hybridized carbons (Fsp3) is 0.158. The van der Waals surface area contributed by atoms with Gasteiger partial charge in [-0.05, 0) is 29.5 Å². The predicted molar refractivity (Wildman–Crippen MR) is 89.2 cm³/mol. The first kappa shape index (κ1) is 12.8. The van der Waals surface area contributed by atoms with Crippen LogP contribution in [0.2, 0.25) is 0 Å². The lowest BCUT2D eigenvalue weighted by Crippen LogP contribution is -2.13. The number of rotatable bonds is 3. The zero-order valence-electron chi connectivity index (χ0n) is 11.7. The maximum atomic E-state index is 6.11. The first-order chi connectivity index (χ1) is 10.4. The quantitative estimate of drug-likeness (QED) is 0.676. The summed E-state index contributed by atoms with van der Waals surface area (Å²) in [5, 5.41) is 2.94. The highest BCUT2D eigenvalue weighted by Gasteiger charge is 2.22. The van der Waals surface area contributed by atoms with E-state index >= 15 is 0 Å². The molecule has 21 heavy (non-hydrogen) atoms. The molecule has 0 N–H and O–H groups in total. The molecule has 0 aliphatic carbocycles. The van der Waals surface area contributed by atoms with Crippen LogP contribution in [0.5, 0.6) is 5.75 Å². The molecule has 2 heteroatoms. The third kappa shape index (κ3) is 2.52. The number of fused-ring (bicyclic) bond motifs is 2. The number of benzene rings is 3. The Morgan fingerprint density at radius 3 is 2.67 bits per heavy atom. The van der Waals surface area contributed by atoms with Gasteiger partial charge in [-0.15, -0.1) is 11.8 Å². The molecule has 3 aromatic carbocycles.